The molecular weight excluding hydrogens is 1190 g/mol. The van der Waals surface area contributed by atoms with Crippen LogP contribution in [-0.2, 0) is 21.7 Å². The molecule has 11 aromatic carbocycles. The van der Waals surface area contributed by atoms with Gasteiger partial charge in [0.1, 0.15) is 22.3 Å². The van der Waals surface area contributed by atoms with Crippen molar-refractivity contribution in [2.45, 2.75) is 184 Å². The average Bonchev–Trinajstić information content (AvgIpc) is 1.62. The highest BCUT2D eigenvalue weighted by Crippen LogP contribution is 2.50. The largest absolute Gasteiger partial charge is 0.456 e. The Morgan fingerprint density at radius 1 is 0.245 bits per heavy atom. The van der Waals surface area contributed by atoms with E-state index in [1.807, 2.05) is 0 Å². The van der Waals surface area contributed by atoms with Crippen molar-refractivity contribution in [1.82, 2.24) is 0 Å². The zero-order chi connectivity index (χ0) is 69.7. The van der Waals surface area contributed by atoms with E-state index < -0.39 is 0 Å². The molecule has 0 unspecified atom stereocenters. The molecule has 2 heterocycles. The van der Waals surface area contributed by atoms with Crippen LogP contribution in [0.1, 0.15) is 207 Å². The van der Waals surface area contributed by atoms with Gasteiger partial charge in [0, 0.05) is 56.4 Å². The summed E-state index contributed by atoms with van der Waals surface area (Å²) in [6.07, 6.45) is 0. The van der Waals surface area contributed by atoms with Crippen LogP contribution in [0.15, 0.2) is 227 Å². The quantitative estimate of drug-likeness (QED) is 0.109. The Balaban J connectivity index is 1.08. The van der Waals surface area contributed by atoms with Crippen molar-refractivity contribution < 1.29 is 8.83 Å². The van der Waals surface area contributed by atoms with Crippen LogP contribution >= 0.6 is 0 Å². The first-order valence-electron chi connectivity index (χ1n) is 35.8. The van der Waals surface area contributed by atoms with Gasteiger partial charge in [-0.15, -0.1) is 0 Å². The third-order valence-corrected chi connectivity index (χ3v) is 20.3. The minimum Gasteiger partial charge on any atom is -0.456 e. The minimum atomic E-state index is -0.0327. The van der Waals surface area contributed by atoms with Crippen molar-refractivity contribution in [3.63, 3.8) is 0 Å². The molecule has 0 amide bonds. The van der Waals surface area contributed by atoms with Crippen LogP contribution in [0.3, 0.4) is 0 Å². The van der Waals surface area contributed by atoms with Gasteiger partial charge in [0.05, 0.1) is 11.4 Å². The molecule has 0 fully saturated rings. The highest BCUT2D eigenvalue weighted by molar-refractivity contribution is 6.15. The van der Waals surface area contributed by atoms with Gasteiger partial charge in [-0.05, 0) is 201 Å². The van der Waals surface area contributed by atoms with Gasteiger partial charge in [-0.25, -0.2) is 0 Å². The van der Waals surface area contributed by atoms with Crippen LogP contribution in [0.2, 0.25) is 0 Å². The summed E-state index contributed by atoms with van der Waals surface area (Å²) >= 11 is 0. The number of para-hydroxylation sites is 2. The number of hydrogen-bond acceptors (Lipinski definition) is 4. The molecule has 4 heteroatoms. The molecule has 0 saturated heterocycles. The van der Waals surface area contributed by atoms with E-state index in [0.29, 0.717) is 23.7 Å². The second-order valence-electron chi connectivity index (χ2n) is 33.2. The number of rotatable bonds is 14. The molecule has 0 aliphatic heterocycles. The number of hydrogen-bond donors (Lipinski definition) is 0. The predicted octanol–water partition coefficient (Wildman–Crippen LogP) is 28.8. The van der Waals surface area contributed by atoms with Crippen LogP contribution in [0.4, 0.5) is 34.1 Å². The second kappa shape index (κ2) is 25.5. The van der Waals surface area contributed by atoms with E-state index in [1.54, 1.807) is 0 Å². The minimum absolute atomic E-state index is 0.0327. The van der Waals surface area contributed by atoms with Crippen molar-refractivity contribution in [1.29, 1.82) is 0 Å². The van der Waals surface area contributed by atoms with Crippen molar-refractivity contribution in [2.75, 3.05) is 9.80 Å². The molecular formula is C94H100N2O2. The lowest BCUT2D eigenvalue weighted by atomic mass is 9.79. The Labute approximate surface area is 584 Å². The van der Waals surface area contributed by atoms with E-state index in [0.717, 1.165) is 89.1 Å². The Bertz CT molecular complexity index is 4690. The number of anilines is 6. The molecule has 0 atom stereocenters. The molecule has 4 nitrogen and oxygen atoms in total. The van der Waals surface area contributed by atoms with Crippen molar-refractivity contribution in [2.24, 2.45) is 0 Å². The molecule has 98 heavy (non-hydrogen) atoms. The third-order valence-electron chi connectivity index (χ3n) is 20.3. The number of furan rings is 2. The summed E-state index contributed by atoms with van der Waals surface area (Å²) in [5.74, 6) is 1.33. The van der Waals surface area contributed by atoms with Gasteiger partial charge in [-0.1, -0.05) is 278 Å². The van der Waals surface area contributed by atoms with Crippen molar-refractivity contribution in [3.05, 3.63) is 263 Å². The summed E-state index contributed by atoms with van der Waals surface area (Å²) in [6, 6.07) is 83.0. The summed E-state index contributed by atoms with van der Waals surface area (Å²) in [5.41, 5.74) is 29.3. The zero-order valence-corrected chi connectivity index (χ0v) is 61.8. The summed E-state index contributed by atoms with van der Waals surface area (Å²) in [4.78, 5) is 4.89. The first kappa shape index (κ1) is 67.2. The number of benzene rings is 11. The first-order chi connectivity index (χ1) is 46.3. The third kappa shape index (κ3) is 13.3. The van der Waals surface area contributed by atoms with Crippen molar-refractivity contribution >= 4 is 78.0 Å². The number of nitrogens with zero attached hydrogens (tertiary/aromatic N) is 2. The first-order valence-corrected chi connectivity index (χ1v) is 35.8. The van der Waals surface area contributed by atoms with Crippen LogP contribution < -0.4 is 9.80 Å². The molecule has 0 spiro atoms. The second-order valence-corrected chi connectivity index (χ2v) is 33.2. The molecule has 0 aliphatic rings. The lowest BCUT2D eigenvalue weighted by molar-refractivity contribution is 0.568. The van der Waals surface area contributed by atoms with Gasteiger partial charge in [0.25, 0.3) is 0 Å². The van der Waals surface area contributed by atoms with Crippen LogP contribution in [0, 0.1) is 0 Å². The maximum Gasteiger partial charge on any atom is 0.138 e. The van der Waals surface area contributed by atoms with Gasteiger partial charge in [0.2, 0.25) is 0 Å². The molecule has 0 radical (unpaired) electrons. The van der Waals surface area contributed by atoms with Gasteiger partial charge >= 0.3 is 0 Å². The molecule has 13 aromatic rings. The van der Waals surface area contributed by atoms with E-state index in [1.165, 1.54) is 77.9 Å². The standard InChI is InChI=1S/C94H100N2O2/c1-57(2)63-40-64(58(3)4)43-69(42-63)83-53-79(55-87-89(83)81-28-21-23-30-85(81)97-87)95(75-36-32-61(33-37-75)67-46-71(91(9,10)11)50-72(47-67)92(12,13)14)77-26-25-27-78(52-77)96(76-38-34-62(35-39-76)68-48-73(93(15,16)17)51-74(49-68)94(18,19)20)80-54-84(70-44-65(59(5)6)41-66(45-70)60(7)8)90-82-29-22-24-31-86(82)98-88(90)56-80/h21-60H,1-20H3. The molecule has 0 N–H and O–H groups in total. The topological polar surface area (TPSA) is 32.8 Å². The van der Waals surface area contributed by atoms with Crippen LogP contribution in [0.25, 0.3) is 88.4 Å². The smallest absolute Gasteiger partial charge is 0.138 e. The van der Waals surface area contributed by atoms with Crippen molar-refractivity contribution in [3.8, 4) is 44.5 Å². The SMILES string of the molecule is CC(C)c1cc(-c2cc(N(c3ccc(-c4cc(C(C)(C)C)cc(C(C)(C)C)c4)cc3)c3cccc(N(c4ccc(-c5cc(C(C)(C)C)cc(C(C)(C)C)c5)cc4)c4cc(-c5cc(C(C)C)cc(C(C)C)c5)c5c(c4)oc4ccccc45)c3)cc3oc4ccccc4c23)cc(C(C)C)c1. The highest BCUT2D eigenvalue weighted by Gasteiger charge is 2.28. The van der Waals surface area contributed by atoms with E-state index in [4.69, 9.17) is 8.83 Å². The summed E-state index contributed by atoms with van der Waals surface area (Å²) in [6.45, 7) is 46.3. The van der Waals surface area contributed by atoms with E-state index >= 15 is 0 Å². The van der Waals surface area contributed by atoms with Crippen LogP contribution in [0.5, 0.6) is 0 Å². The fourth-order valence-electron chi connectivity index (χ4n) is 14.0. The van der Waals surface area contributed by atoms with E-state index in [9.17, 15) is 0 Å². The van der Waals surface area contributed by atoms with Gasteiger partial charge < -0.3 is 18.6 Å². The van der Waals surface area contributed by atoms with Gasteiger partial charge in [0.15, 0.2) is 0 Å². The number of fused-ring (bicyclic) bond motifs is 6. The average molecular weight is 1290 g/mol. The normalized spacial score (nSPS) is 12.7. The fourth-order valence-corrected chi connectivity index (χ4v) is 14.0. The van der Waals surface area contributed by atoms with Gasteiger partial charge in [-0.2, -0.15) is 0 Å². The Hall–Kier alpha value is -9.38. The molecule has 0 aliphatic carbocycles. The lowest BCUT2D eigenvalue weighted by Crippen LogP contribution is -2.16. The predicted molar refractivity (Wildman–Crippen MR) is 423 cm³/mol. The van der Waals surface area contributed by atoms with E-state index in [-0.39, 0.29) is 21.7 Å². The molecule has 0 bridgehead atoms. The maximum atomic E-state index is 7.05. The Kier molecular flexibility index (Phi) is 17.5. The van der Waals surface area contributed by atoms with Crippen LogP contribution in [-0.4, -0.2) is 0 Å². The lowest BCUT2D eigenvalue weighted by Gasteiger charge is -2.30. The van der Waals surface area contributed by atoms with E-state index in [2.05, 4.69) is 367 Å². The highest BCUT2D eigenvalue weighted by atomic mass is 16.3. The molecule has 13 rings (SSSR count). The Morgan fingerprint density at radius 2 is 0.561 bits per heavy atom. The monoisotopic (exact) mass is 1290 g/mol. The molecule has 0 saturated carbocycles. The summed E-state index contributed by atoms with van der Waals surface area (Å²) in [5, 5.41) is 4.43. The fraction of sp³-hybridized carbons (Fsp3) is 0.298. The maximum absolute atomic E-state index is 7.05. The summed E-state index contributed by atoms with van der Waals surface area (Å²) in [7, 11) is 0. The zero-order valence-electron chi connectivity index (χ0n) is 61.8. The Morgan fingerprint density at radius 3 is 0.867 bits per heavy atom. The molecule has 498 valence electrons. The molecule has 2 aromatic heterocycles. The van der Waals surface area contributed by atoms with Gasteiger partial charge in [-0.3, -0.25) is 0 Å². The summed E-state index contributed by atoms with van der Waals surface area (Å²) < 4.78 is 14.1.